The molecule has 6 heteroatoms. The molecule has 0 aliphatic carbocycles. The quantitative estimate of drug-likeness (QED) is 0.599. The van der Waals surface area contributed by atoms with Crippen molar-refractivity contribution >= 4 is 11.7 Å². The summed E-state index contributed by atoms with van der Waals surface area (Å²) in [5.41, 5.74) is 4.62. The van der Waals surface area contributed by atoms with E-state index in [9.17, 15) is 13.6 Å². The molecule has 0 saturated heterocycles. The normalized spacial score (nSPS) is 9.87. The lowest BCUT2D eigenvalue weighted by Gasteiger charge is -2.09. The molecule has 0 atom stereocenters. The third-order valence-electron chi connectivity index (χ3n) is 1.80. The molecule has 82 valence electrons. The molecule has 0 amide bonds. The third-order valence-corrected chi connectivity index (χ3v) is 1.80. The minimum atomic E-state index is -1.34. The van der Waals surface area contributed by atoms with Gasteiger partial charge in [-0.1, -0.05) is 0 Å². The Morgan fingerprint density at radius 3 is 2.40 bits per heavy atom. The molecule has 0 spiro atoms. The highest BCUT2D eigenvalue weighted by molar-refractivity contribution is 5.91. The van der Waals surface area contributed by atoms with Crippen LogP contribution in [0.5, 0.6) is 5.75 Å². The monoisotopic (exact) mass is 217 g/mol. The Hall–Kier alpha value is -1.85. The third kappa shape index (κ3) is 1.83. The van der Waals surface area contributed by atoms with Gasteiger partial charge in [-0.05, 0) is 6.07 Å². The molecular weight excluding hydrogens is 208 g/mol. The van der Waals surface area contributed by atoms with E-state index in [0.717, 1.165) is 20.3 Å². The van der Waals surface area contributed by atoms with Gasteiger partial charge in [-0.3, -0.25) is 0 Å². The molecule has 0 aromatic heterocycles. The summed E-state index contributed by atoms with van der Waals surface area (Å²) in [4.78, 5) is 11.0. The SMILES string of the molecule is COC(=O)c1cc(N)c(OC)c(F)c1F. The second kappa shape index (κ2) is 4.12. The maximum absolute atomic E-state index is 13.3. The Bertz CT molecular complexity index is 407. The highest BCUT2D eigenvalue weighted by Crippen LogP contribution is 2.29. The number of carbonyl (C=O) groups is 1. The van der Waals surface area contributed by atoms with Crippen molar-refractivity contribution in [3.63, 3.8) is 0 Å². The largest absolute Gasteiger partial charge is 0.491 e. The molecule has 1 aromatic carbocycles. The van der Waals surface area contributed by atoms with Crippen molar-refractivity contribution in [2.75, 3.05) is 20.0 Å². The molecule has 0 saturated carbocycles. The van der Waals surface area contributed by atoms with Crippen LogP contribution in [0.4, 0.5) is 14.5 Å². The zero-order chi connectivity index (χ0) is 11.6. The lowest BCUT2D eigenvalue weighted by Crippen LogP contribution is -2.09. The second-order valence-electron chi connectivity index (χ2n) is 2.67. The Labute approximate surface area is 84.6 Å². The average Bonchev–Trinajstić information content (AvgIpc) is 2.23. The molecular formula is C9H9F2NO3. The number of carbonyl (C=O) groups excluding carboxylic acids is 1. The Morgan fingerprint density at radius 1 is 1.33 bits per heavy atom. The number of nitrogen functional groups attached to an aromatic ring is 1. The molecule has 0 aliphatic rings. The number of rotatable bonds is 2. The summed E-state index contributed by atoms with van der Waals surface area (Å²) in [7, 11) is 2.20. The first-order valence-corrected chi connectivity index (χ1v) is 3.92. The second-order valence-corrected chi connectivity index (χ2v) is 2.67. The summed E-state index contributed by atoms with van der Waals surface area (Å²) in [6.07, 6.45) is 0. The Morgan fingerprint density at radius 2 is 1.93 bits per heavy atom. The van der Waals surface area contributed by atoms with Crippen LogP contribution in [0.1, 0.15) is 10.4 Å². The molecule has 15 heavy (non-hydrogen) atoms. The van der Waals surface area contributed by atoms with Crippen molar-refractivity contribution in [2.24, 2.45) is 0 Å². The van der Waals surface area contributed by atoms with Gasteiger partial charge in [-0.25, -0.2) is 9.18 Å². The van der Waals surface area contributed by atoms with Crippen LogP contribution in [0.2, 0.25) is 0 Å². The van der Waals surface area contributed by atoms with Crippen LogP contribution in [0.3, 0.4) is 0 Å². The van der Waals surface area contributed by atoms with E-state index in [1.807, 2.05) is 0 Å². The van der Waals surface area contributed by atoms with Crippen molar-refractivity contribution < 1.29 is 23.0 Å². The van der Waals surface area contributed by atoms with Crippen LogP contribution in [-0.4, -0.2) is 20.2 Å². The van der Waals surface area contributed by atoms with Crippen molar-refractivity contribution in [3.05, 3.63) is 23.3 Å². The van der Waals surface area contributed by atoms with Crippen LogP contribution in [0, 0.1) is 11.6 Å². The van der Waals surface area contributed by atoms with Crippen molar-refractivity contribution in [1.82, 2.24) is 0 Å². The number of ether oxygens (including phenoxy) is 2. The minimum Gasteiger partial charge on any atom is -0.491 e. The average molecular weight is 217 g/mol. The zero-order valence-electron chi connectivity index (χ0n) is 8.14. The van der Waals surface area contributed by atoms with Gasteiger partial charge in [0.1, 0.15) is 5.56 Å². The van der Waals surface area contributed by atoms with Gasteiger partial charge >= 0.3 is 5.97 Å². The Balaban J connectivity index is 3.40. The summed E-state index contributed by atoms with van der Waals surface area (Å²) in [6, 6.07) is 0.961. The number of anilines is 1. The highest BCUT2D eigenvalue weighted by Gasteiger charge is 2.22. The van der Waals surface area contributed by atoms with Gasteiger partial charge in [-0.15, -0.1) is 0 Å². The lowest BCUT2D eigenvalue weighted by molar-refractivity contribution is 0.0594. The fourth-order valence-electron chi connectivity index (χ4n) is 1.09. The number of nitrogens with two attached hydrogens (primary N) is 1. The van der Waals surface area contributed by atoms with E-state index in [2.05, 4.69) is 9.47 Å². The first-order valence-electron chi connectivity index (χ1n) is 3.92. The van der Waals surface area contributed by atoms with E-state index >= 15 is 0 Å². The van der Waals surface area contributed by atoms with Gasteiger partial charge in [0.25, 0.3) is 0 Å². The number of benzene rings is 1. The Kier molecular flexibility index (Phi) is 3.08. The van der Waals surface area contributed by atoms with Gasteiger partial charge in [0.05, 0.1) is 19.9 Å². The highest BCUT2D eigenvalue weighted by atomic mass is 19.2. The van der Waals surface area contributed by atoms with Crippen LogP contribution in [0.15, 0.2) is 6.07 Å². The summed E-state index contributed by atoms with van der Waals surface area (Å²) < 4.78 is 35.3. The molecule has 1 rings (SSSR count). The smallest absolute Gasteiger partial charge is 0.341 e. The molecule has 0 aliphatic heterocycles. The summed E-state index contributed by atoms with van der Waals surface area (Å²) in [5, 5.41) is 0. The van der Waals surface area contributed by atoms with Gasteiger partial charge in [0.15, 0.2) is 11.6 Å². The fourth-order valence-corrected chi connectivity index (χ4v) is 1.09. The summed E-state index contributed by atoms with van der Waals surface area (Å²) in [5.74, 6) is -4.08. The molecule has 2 N–H and O–H groups in total. The number of halogens is 2. The molecule has 0 radical (unpaired) electrons. The van der Waals surface area contributed by atoms with E-state index in [1.54, 1.807) is 0 Å². The van der Waals surface area contributed by atoms with Gasteiger partial charge in [0.2, 0.25) is 5.82 Å². The number of hydrogen-bond acceptors (Lipinski definition) is 4. The maximum Gasteiger partial charge on any atom is 0.341 e. The first kappa shape index (κ1) is 11.2. The number of methoxy groups -OCH3 is 2. The van der Waals surface area contributed by atoms with Crippen LogP contribution >= 0.6 is 0 Å². The van der Waals surface area contributed by atoms with E-state index in [-0.39, 0.29) is 5.69 Å². The predicted octanol–water partition coefficient (Wildman–Crippen LogP) is 1.34. The van der Waals surface area contributed by atoms with Gasteiger partial charge in [0, 0.05) is 0 Å². The first-order chi connectivity index (χ1) is 7.02. The molecule has 4 nitrogen and oxygen atoms in total. The maximum atomic E-state index is 13.3. The van der Waals surface area contributed by atoms with Gasteiger partial charge < -0.3 is 15.2 Å². The molecule has 0 heterocycles. The van der Waals surface area contributed by atoms with E-state index in [0.29, 0.717) is 0 Å². The van der Waals surface area contributed by atoms with Crippen LogP contribution < -0.4 is 10.5 Å². The molecule has 1 aromatic rings. The molecule has 0 fully saturated rings. The predicted molar refractivity (Wildman–Crippen MR) is 48.7 cm³/mol. The summed E-state index contributed by atoms with van der Waals surface area (Å²) in [6.45, 7) is 0. The van der Waals surface area contributed by atoms with E-state index in [4.69, 9.17) is 5.73 Å². The topological polar surface area (TPSA) is 61.5 Å². The van der Waals surface area contributed by atoms with Crippen LogP contribution in [-0.2, 0) is 4.74 Å². The van der Waals surface area contributed by atoms with Crippen molar-refractivity contribution in [1.29, 1.82) is 0 Å². The van der Waals surface area contributed by atoms with E-state index < -0.39 is 28.9 Å². The lowest BCUT2D eigenvalue weighted by atomic mass is 10.1. The fraction of sp³-hybridized carbons (Fsp3) is 0.222. The van der Waals surface area contributed by atoms with Gasteiger partial charge in [-0.2, -0.15) is 4.39 Å². The van der Waals surface area contributed by atoms with Crippen molar-refractivity contribution in [2.45, 2.75) is 0 Å². The standard InChI is InChI=1S/C9H9F2NO3/c1-14-8-5(12)3-4(9(13)15-2)6(10)7(8)11/h3H,12H2,1-2H3. The number of hydrogen-bond donors (Lipinski definition) is 1. The minimum absolute atomic E-state index is 0.170. The zero-order valence-corrected chi connectivity index (χ0v) is 8.14. The summed E-state index contributed by atoms with van der Waals surface area (Å²) >= 11 is 0. The van der Waals surface area contributed by atoms with Crippen molar-refractivity contribution in [3.8, 4) is 5.75 Å². The molecule has 0 unspecified atom stereocenters. The van der Waals surface area contributed by atoms with Crippen LogP contribution in [0.25, 0.3) is 0 Å². The van der Waals surface area contributed by atoms with E-state index in [1.165, 1.54) is 0 Å². The number of esters is 1. The molecule has 0 bridgehead atoms.